The molecule has 0 radical (unpaired) electrons. The van der Waals surface area contributed by atoms with E-state index in [1.807, 2.05) is 0 Å². The number of anilines is 2. The number of aliphatic imine (C=N–C) groups is 1. The molecule has 1 fully saturated rings. The molecule has 2 aromatic heterocycles. The molecule has 7 nitrogen and oxygen atoms in total. The van der Waals surface area contributed by atoms with E-state index >= 15 is 0 Å². The number of nitrogens with one attached hydrogen (secondary N) is 1. The third kappa shape index (κ3) is 3.34. The number of alkyl halides is 1. The topological polar surface area (TPSA) is 110 Å². The molecule has 5 rings (SSSR count). The first-order chi connectivity index (χ1) is 15.7. The van der Waals surface area contributed by atoms with Crippen LogP contribution in [-0.4, -0.2) is 41.4 Å². The van der Waals surface area contributed by atoms with E-state index in [4.69, 9.17) is 17.3 Å². The number of amidine groups is 1. The van der Waals surface area contributed by atoms with Gasteiger partial charge in [-0.25, -0.2) is 22.2 Å². The summed E-state index contributed by atoms with van der Waals surface area (Å²) in [6, 6.07) is 7.39. The van der Waals surface area contributed by atoms with Crippen molar-refractivity contribution in [2.45, 2.75) is 29.5 Å². The second-order valence-corrected chi connectivity index (χ2v) is 11.2. The fourth-order valence-corrected chi connectivity index (χ4v) is 7.18. The van der Waals surface area contributed by atoms with Gasteiger partial charge in [0, 0.05) is 29.0 Å². The zero-order valence-corrected chi connectivity index (χ0v) is 18.9. The summed E-state index contributed by atoms with van der Waals surface area (Å²) in [7, 11) is -3.84. The third-order valence-electron chi connectivity index (χ3n) is 6.50. The first-order valence-corrected chi connectivity index (χ1v) is 12.3. The number of halogens is 3. The van der Waals surface area contributed by atoms with E-state index < -0.39 is 38.4 Å². The first kappa shape index (κ1) is 22.0. The van der Waals surface area contributed by atoms with Crippen molar-refractivity contribution in [3.8, 4) is 0 Å². The molecule has 1 aliphatic carbocycles. The maximum atomic E-state index is 14.9. The smallest absolute Gasteiger partial charge is 0.166 e. The lowest BCUT2D eigenvalue weighted by Crippen LogP contribution is -2.62. The molecule has 3 aromatic rings. The highest BCUT2D eigenvalue weighted by atomic mass is 35.5. The van der Waals surface area contributed by atoms with Crippen molar-refractivity contribution in [1.82, 2.24) is 9.97 Å². The van der Waals surface area contributed by atoms with Crippen molar-refractivity contribution in [2.24, 2.45) is 10.7 Å². The Balaban J connectivity index is 1.58. The van der Waals surface area contributed by atoms with Crippen LogP contribution in [0.25, 0.3) is 10.9 Å². The minimum atomic E-state index is -3.84. The minimum Gasteiger partial charge on any atom is -0.386 e. The number of fused-ring (bicyclic) bond motifs is 1. The van der Waals surface area contributed by atoms with Gasteiger partial charge in [0.2, 0.25) is 0 Å². The van der Waals surface area contributed by atoms with Crippen molar-refractivity contribution in [3.63, 3.8) is 0 Å². The number of sulfone groups is 1. The van der Waals surface area contributed by atoms with Crippen LogP contribution in [0.1, 0.15) is 24.8 Å². The van der Waals surface area contributed by atoms with Crippen molar-refractivity contribution in [1.29, 1.82) is 0 Å². The van der Waals surface area contributed by atoms with Crippen LogP contribution in [0.15, 0.2) is 47.7 Å². The number of nitrogens with two attached hydrogens (primary N) is 1. The largest absolute Gasteiger partial charge is 0.386 e. The monoisotopic (exact) mass is 491 g/mol. The molecule has 0 amide bonds. The number of rotatable bonds is 4. The lowest BCUT2D eigenvalue weighted by Gasteiger charge is -2.46. The second-order valence-electron chi connectivity index (χ2n) is 8.47. The Morgan fingerprint density at radius 1 is 1.18 bits per heavy atom. The van der Waals surface area contributed by atoms with Crippen molar-refractivity contribution in [3.05, 3.63) is 59.1 Å². The van der Waals surface area contributed by atoms with Gasteiger partial charge in [-0.1, -0.05) is 11.6 Å². The van der Waals surface area contributed by atoms with Gasteiger partial charge in [0.05, 0.1) is 10.8 Å². The summed E-state index contributed by atoms with van der Waals surface area (Å²) < 4.78 is 54.4. The maximum Gasteiger partial charge on any atom is 0.166 e. The Bertz CT molecular complexity index is 1410. The molecule has 3 N–H and O–H groups in total. The molecule has 0 saturated heterocycles. The lowest BCUT2D eigenvalue weighted by atomic mass is 9.82. The summed E-state index contributed by atoms with van der Waals surface area (Å²) in [5.41, 5.74) is 4.82. The number of hydrogen-bond donors (Lipinski definition) is 2. The highest BCUT2D eigenvalue weighted by molar-refractivity contribution is 7.93. The highest BCUT2D eigenvalue weighted by Gasteiger charge is 2.59. The van der Waals surface area contributed by atoms with Crippen LogP contribution in [0, 0.1) is 5.82 Å². The quantitative estimate of drug-likeness (QED) is 0.570. The molecule has 1 saturated carbocycles. The van der Waals surface area contributed by atoms with Gasteiger partial charge in [-0.15, -0.1) is 0 Å². The fraction of sp³-hybridized carbons (Fsp3) is 0.318. The van der Waals surface area contributed by atoms with Crippen LogP contribution in [0.3, 0.4) is 0 Å². The summed E-state index contributed by atoms with van der Waals surface area (Å²) in [4.78, 5) is 12.8. The molecule has 2 aliphatic rings. The van der Waals surface area contributed by atoms with Crippen LogP contribution in [0.2, 0.25) is 5.02 Å². The van der Waals surface area contributed by atoms with E-state index in [1.54, 1.807) is 18.3 Å². The molecule has 0 bridgehead atoms. The molecule has 3 heterocycles. The van der Waals surface area contributed by atoms with Crippen LogP contribution in [0.4, 0.5) is 20.3 Å². The van der Waals surface area contributed by atoms with Gasteiger partial charge in [-0.05, 0) is 49.6 Å². The van der Waals surface area contributed by atoms with Gasteiger partial charge in [-0.3, -0.25) is 9.98 Å². The van der Waals surface area contributed by atoms with Crippen molar-refractivity contribution >= 4 is 49.7 Å². The highest BCUT2D eigenvalue weighted by Crippen LogP contribution is 2.47. The van der Waals surface area contributed by atoms with E-state index in [0.29, 0.717) is 41.3 Å². The summed E-state index contributed by atoms with van der Waals surface area (Å²) in [5.74, 6) is -1.19. The summed E-state index contributed by atoms with van der Waals surface area (Å²) in [6.07, 6.45) is 4.43. The summed E-state index contributed by atoms with van der Waals surface area (Å²) >= 11 is 6.00. The third-order valence-corrected chi connectivity index (χ3v) is 9.38. The van der Waals surface area contributed by atoms with Crippen LogP contribution in [-0.2, 0) is 15.4 Å². The number of pyridine rings is 2. The second kappa shape index (κ2) is 7.59. The summed E-state index contributed by atoms with van der Waals surface area (Å²) in [5, 5.41) is 4.25. The average Bonchev–Trinajstić information content (AvgIpc) is 2.72. The molecular weight excluding hydrogens is 472 g/mol. The number of aromatic nitrogens is 2. The van der Waals surface area contributed by atoms with E-state index in [0.717, 1.165) is 11.5 Å². The SMILES string of the molecule is NC1=N[C@](CF)(c2cc(Nc3nccc4cc(Cl)cnc34)ccc2F)CS(=O)(=O)C12CCC2. The Hall–Kier alpha value is -2.85. The number of hydrogen-bond acceptors (Lipinski definition) is 7. The van der Waals surface area contributed by atoms with Crippen LogP contribution in [0.5, 0.6) is 0 Å². The zero-order chi connectivity index (χ0) is 23.4. The molecule has 1 aliphatic heterocycles. The molecule has 0 unspecified atom stereocenters. The van der Waals surface area contributed by atoms with Gasteiger partial charge in [0.25, 0.3) is 0 Å². The molecule has 172 valence electrons. The van der Waals surface area contributed by atoms with Gasteiger partial charge in [-0.2, -0.15) is 0 Å². The Labute approximate surface area is 194 Å². The first-order valence-electron chi connectivity index (χ1n) is 10.3. The van der Waals surface area contributed by atoms with Gasteiger partial charge < -0.3 is 11.1 Å². The standard InChI is InChI=1S/C22H20ClF2N5O2S/c23-14-8-13-4-7-27-19(18(13)28-10-14)29-15-2-3-17(25)16(9-15)21(11-24)12-33(31,32)22(5-1-6-22)20(26)30-21/h2-4,7-10H,1,5-6,11-12H2,(H2,26,30)(H,27,29)/t21-/m0/s1. The molecule has 1 aromatic carbocycles. The average molecular weight is 492 g/mol. The van der Waals surface area contributed by atoms with E-state index in [-0.39, 0.29) is 11.4 Å². The minimum absolute atomic E-state index is 0.146. The Morgan fingerprint density at radius 2 is 1.97 bits per heavy atom. The van der Waals surface area contributed by atoms with Gasteiger partial charge in [0.15, 0.2) is 15.7 Å². The lowest BCUT2D eigenvalue weighted by molar-refractivity contribution is 0.311. The molecule has 1 atom stereocenters. The molecular formula is C22H20ClF2N5O2S. The van der Waals surface area contributed by atoms with Gasteiger partial charge in [0.1, 0.15) is 34.1 Å². The van der Waals surface area contributed by atoms with E-state index in [9.17, 15) is 17.2 Å². The van der Waals surface area contributed by atoms with Crippen LogP contribution >= 0.6 is 11.6 Å². The molecule has 1 spiro atoms. The Morgan fingerprint density at radius 3 is 2.64 bits per heavy atom. The molecule has 11 heteroatoms. The number of benzene rings is 1. The number of nitrogens with zero attached hydrogens (tertiary/aromatic N) is 3. The maximum absolute atomic E-state index is 14.9. The van der Waals surface area contributed by atoms with Crippen molar-refractivity contribution < 1.29 is 17.2 Å². The Kier molecular flexibility index (Phi) is 5.06. The van der Waals surface area contributed by atoms with Gasteiger partial charge >= 0.3 is 0 Å². The summed E-state index contributed by atoms with van der Waals surface area (Å²) in [6.45, 7) is -1.21. The van der Waals surface area contributed by atoms with Crippen molar-refractivity contribution in [2.75, 3.05) is 17.7 Å². The fourth-order valence-electron chi connectivity index (χ4n) is 4.54. The van der Waals surface area contributed by atoms with Crippen LogP contribution < -0.4 is 11.1 Å². The zero-order valence-electron chi connectivity index (χ0n) is 17.4. The van der Waals surface area contributed by atoms with E-state index in [2.05, 4.69) is 20.3 Å². The predicted octanol–water partition coefficient (Wildman–Crippen LogP) is 4.04. The normalized spacial score (nSPS) is 23.2. The van der Waals surface area contributed by atoms with E-state index in [1.165, 1.54) is 18.3 Å². The predicted molar refractivity (Wildman–Crippen MR) is 124 cm³/mol. The molecule has 33 heavy (non-hydrogen) atoms.